The van der Waals surface area contributed by atoms with E-state index < -0.39 is 11.8 Å². The highest BCUT2D eigenvalue weighted by atomic mass is 79.9. The van der Waals surface area contributed by atoms with Gasteiger partial charge in [-0.1, -0.05) is 0 Å². The van der Waals surface area contributed by atoms with Crippen molar-refractivity contribution in [2.75, 3.05) is 6.61 Å². The molecular weight excluding hydrogens is 312 g/mol. The first kappa shape index (κ1) is 14.1. The number of esters is 1. The maximum absolute atomic E-state index is 12.1. The molecule has 0 radical (unpaired) electrons. The largest absolute Gasteiger partial charge is 0.506 e. The summed E-state index contributed by atoms with van der Waals surface area (Å²) < 4.78 is 5.17. The predicted molar refractivity (Wildman–Crippen MR) is 73.4 cm³/mol. The molecule has 2 rings (SSSR count). The summed E-state index contributed by atoms with van der Waals surface area (Å²) in [7, 11) is 0. The Labute approximate surface area is 119 Å². The smallest absolute Gasteiger partial charge is 0.379 e. The van der Waals surface area contributed by atoms with Crippen molar-refractivity contribution in [3.8, 4) is 5.75 Å². The molecule has 0 aromatic heterocycles. The second kappa shape index (κ2) is 5.74. The van der Waals surface area contributed by atoms with Gasteiger partial charge in [0.05, 0.1) is 16.6 Å². The van der Waals surface area contributed by atoms with Gasteiger partial charge in [-0.25, -0.2) is 4.79 Å². The zero-order chi connectivity index (χ0) is 14.0. The number of carbonyl (C=O) groups excluding carboxylic acids is 2. The Hall–Kier alpha value is -1.36. The highest BCUT2D eigenvalue weighted by Crippen LogP contribution is 2.37. The number of fused-ring (bicyclic) bond motifs is 1. The molecule has 1 aliphatic rings. The molecule has 0 bridgehead atoms. The number of aryl methyl sites for hydroxylation is 1. The van der Waals surface area contributed by atoms with Crippen LogP contribution >= 0.6 is 15.9 Å². The van der Waals surface area contributed by atoms with Crippen LogP contribution in [0.4, 0.5) is 0 Å². The van der Waals surface area contributed by atoms with Crippen LogP contribution in [0.1, 0.15) is 41.3 Å². The van der Waals surface area contributed by atoms with E-state index in [1.807, 2.05) is 6.07 Å². The van der Waals surface area contributed by atoms with E-state index in [0.717, 1.165) is 30.4 Å². The molecule has 0 heterocycles. The van der Waals surface area contributed by atoms with E-state index in [2.05, 4.69) is 15.9 Å². The normalized spacial score (nSPS) is 13.8. The minimum Gasteiger partial charge on any atom is -0.506 e. The molecule has 1 aliphatic carbocycles. The van der Waals surface area contributed by atoms with Crippen LogP contribution in [-0.4, -0.2) is 23.5 Å². The summed E-state index contributed by atoms with van der Waals surface area (Å²) in [5.41, 5.74) is 1.90. The van der Waals surface area contributed by atoms with Crippen molar-refractivity contribution in [2.45, 2.75) is 32.6 Å². The van der Waals surface area contributed by atoms with Gasteiger partial charge >= 0.3 is 5.97 Å². The number of hydrogen-bond acceptors (Lipinski definition) is 4. The van der Waals surface area contributed by atoms with Gasteiger partial charge in [0, 0.05) is 0 Å². The van der Waals surface area contributed by atoms with Crippen LogP contribution in [0.3, 0.4) is 0 Å². The Morgan fingerprint density at radius 3 is 2.74 bits per heavy atom. The second-order valence-corrected chi connectivity index (χ2v) is 5.33. The lowest BCUT2D eigenvalue weighted by molar-refractivity contribution is -0.137. The van der Waals surface area contributed by atoms with Crippen molar-refractivity contribution in [3.05, 3.63) is 27.2 Å². The molecule has 0 saturated heterocycles. The van der Waals surface area contributed by atoms with Crippen LogP contribution in [0, 0.1) is 0 Å². The maximum Gasteiger partial charge on any atom is 0.379 e. The van der Waals surface area contributed by atoms with Gasteiger partial charge in [0.15, 0.2) is 0 Å². The SMILES string of the molecule is CCOC(=O)C(=O)c1c(O)c(Br)cc2c1CCCC2. The highest BCUT2D eigenvalue weighted by molar-refractivity contribution is 9.10. The van der Waals surface area contributed by atoms with E-state index in [9.17, 15) is 14.7 Å². The molecule has 0 amide bonds. The number of carbonyl (C=O) groups is 2. The van der Waals surface area contributed by atoms with Crippen molar-refractivity contribution in [1.29, 1.82) is 0 Å². The average molecular weight is 327 g/mol. The zero-order valence-corrected chi connectivity index (χ0v) is 12.2. The average Bonchev–Trinajstić information content (AvgIpc) is 2.40. The molecule has 0 aliphatic heterocycles. The fourth-order valence-corrected chi connectivity index (χ4v) is 2.88. The number of rotatable bonds is 3. The van der Waals surface area contributed by atoms with Gasteiger partial charge in [-0.2, -0.15) is 0 Å². The quantitative estimate of drug-likeness (QED) is 0.527. The van der Waals surface area contributed by atoms with E-state index in [4.69, 9.17) is 4.74 Å². The van der Waals surface area contributed by atoms with Crippen molar-refractivity contribution < 1.29 is 19.4 Å². The fourth-order valence-electron chi connectivity index (χ4n) is 2.40. The molecule has 1 aromatic rings. The summed E-state index contributed by atoms with van der Waals surface area (Å²) in [5.74, 6) is -1.85. The number of phenols is 1. The minimum absolute atomic E-state index is 0.0996. The van der Waals surface area contributed by atoms with Crippen LogP contribution in [-0.2, 0) is 22.4 Å². The molecule has 0 atom stereocenters. The van der Waals surface area contributed by atoms with Gasteiger partial charge in [0.25, 0.3) is 5.78 Å². The fraction of sp³-hybridized carbons (Fsp3) is 0.429. The summed E-state index contributed by atoms with van der Waals surface area (Å²) in [6, 6.07) is 1.83. The van der Waals surface area contributed by atoms with E-state index in [1.54, 1.807) is 6.92 Å². The van der Waals surface area contributed by atoms with Crippen LogP contribution in [0.15, 0.2) is 10.5 Å². The van der Waals surface area contributed by atoms with Crippen molar-refractivity contribution in [3.63, 3.8) is 0 Å². The Bertz CT molecular complexity index is 537. The third-order valence-corrected chi connectivity index (χ3v) is 3.87. The molecular formula is C14H15BrO4. The third kappa shape index (κ3) is 2.66. The monoisotopic (exact) mass is 326 g/mol. The molecule has 19 heavy (non-hydrogen) atoms. The molecule has 1 aromatic carbocycles. The number of ketones is 1. The molecule has 5 heteroatoms. The van der Waals surface area contributed by atoms with Crippen molar-refractivity contribution in [2.24, 2.45) is 0 Å². The number of phenolic OH excluding ortho intramolecular Hbond substituents is 1. The van der Waals surface area contributed by atoms with Gasteiger partial charge in [-0.15, -0.1) is 0 Å². The summed E-state index contributed by atoms with van der Waals surface area (Å²) in [6.07, 6.45) is 3.57. The van der Waals surface area contributed by atoms with Crippen LogP contribution < -0.4 is 0 Å². The Morgan fingerprint density at radius 2 is 2.05 bits per heavy atom. The first-order valence-electron chi connectivity index (χ1n) is 6.31. The standard InChI is InChI=1S/C14H15BrO4/c1-2-19-14(18)13(17)11-9-6-4-3-5-8(9)7-10(15)12(11)16/h7,16H,2-6H2,1H3. The van der Waals surface area contributed by atoms with E-state index in [0.29, 0.717) is 10.9 Å². The van der Waals surface area contributed by atoms with Gasteiger partial charge in [-0.05, 0) is 65.7 Å². The summed E-state index contributed by atoms with van der Waals surface area (Å²) in [6.45, 7) is 1.78. The minimum atomic E-state index is -0.913. The molecule has 1 N–H and O–H groups in total. The first-order chi connectivity index (χ1) is 9.06. The van der Waals surface area contributed by atoms with Gasteiger partial charge in [-0.3, -0.25) is 4.79 Å². The number of benzene rings is 1. The van der Waals surface area contributed by atoms with Crippen LogP contribution in [0.5, 0.6) is 5.75 Å². The molecule has 0 fully saturated rings. The van der Waals surface area contributed by atoms with Gasteiger partial charge in [0.1, 0.15) is 5.75 Å². The van der Waals surface area contributed by atoms with E-state index in [1.165, 1.54) is 0 Å². The lowest BCUT2D eigenvalue weighted by atomic mass is 9.86. The lowest BCUT2D eigenvalue weighted by Gasteiger charge is -2.20. The topological polar surface area (TPSA) is 63.6 Å². The maximum atomic E-state index is 12.1. The predicted octanol–water partition coefficient (Wildman–Crippen LogP) is 2.78. The lowest BCUT2D eigenvalue weighted by Crippen LogP contribution is -2.21. The third-order valence-electron chi connectivity index (χ3n) is 3.26. The molecule has 102 valence electrons. The molecule has 0 spiro atoms. The first-order valence-corrected chi connectivity index (χ1v) is 7.10. The number of ether oxygens (including phenoxy) is 1. The highest BCUT2D eigenvalue weighted by Gasteiger charge is 2.28. The number of halogens is 1. The van der Waals surface area contributed by atoms with Crippen LogP contribution in [0.2, 0.25) is 0 Å². The number of hydrogen-bond donors (Lipinski definition) is 1. The van der Waals surface area contributed by atoms with Crippen LogP contribution in [0.25, 0.3) is 0 Å². The number of aromatic hydroxyl groups is 1. The Balaban J connectivity index is 2.52. The summed E-state index contributed by atoms with van der Waals surface area (Å²) in [5, 5.41) is 10.1. The number of Topliss-reactive ketones (excluding diaryl/α,β-unsaturated/α-hetero) is 1. The Kier molecular flexibility index (Phi) is 4.24. The van der Waals surface area contributed by atoms with Gasteiger partial charge < -0.3 is 9.84 Å². The summed E-state index contributed by atoms with van der Waals surface area (Å²) >= 11 is 3.23. The zero-order valence-electron chi connectivity index (χ0n) is 10.7. The van der Waals surface area contributed by atoms with Crippen molar-refractivity contribution in [1.82, 2.24) is 0 Å². The van der Waals surface area contributed by atoms with E-state index >= 15 is 0 Å². The molecule has 4 nitrogen and oxygen atoms in total. The van der Waals surface area contributed by atoms with Gasteiger partial charge in [0.2, 0.25) is 0 Å². The summed E-state index contributed by atoms with van der Waals surface area (Å²) in [4.78, 5) is 23.7. The second-order valence-electron chi connectivity index (χ2n) is 4.48. The van der Waals surface area contributed by atoms with Crippen molar-refractivity contribution >= 4 is 27.7 Å². The van der Waals surface area contributed by atoms with E-state index in [-0.39, 0.29) is 17.9 Å². The molecule has 0 unspecified atom stereocenters. The molecule has 0 saturated carbocycles. The Morgan fingerprint density at radius 1 is 1.37 bits per heavy atom.